The Labute approximate surface area is 197 Å². The summed E-state index contributed by atoms with van der Waals surface area (Å²) >= 11 is 0. The molecule has 5 rings (SSSR count). The quantitative estimate of drug-likeness (QED) is 0.322. The molecular weight excluding hydrogens is 452 g/mol. The third-order valence-electron chi connectivity index (χ3n) is 5.80. The van der Waals surface area contributed by atoms with Gasteiger partial charge in [0, 0.05) is 6.20 Å². The van der Waals surface area contributed by atoms with Crippen molar-refractivity contribution in [2.45, 2.75) is 31.2 Å². The first-order chi connectivity index (χ1) is 16.4. The van der Waals surface area contributed by atoms with Crippen molar-refractivity contribution in [3.63, 3.8) is 0 Å². The molecular formula is C25H24N4O4S. The van der Waals surface area contributed by atoms with Crippen molar-refractivity contribution in [2.24, 2.45) is 4.40 Å². The van der Waals surface area contributed by atoms with E-state index in [1.54, 1.807) is 30.5 Å². The van der Waals surface area contributed by atoms with Crippen molar-refractivity contribution in [3.8, 4) is 5.75 Å². The van der Waals surface area contributed by atoms with E-state index in [9.17, 15) is 19.0 Å². The van der Waals surface area contributed by atoms with Crippen LogP contribution in [0.2, 0.25) is 0 Å². The second-order valence-electron chi connectivity index (χ2n) is 8.10. The van der Waals surface area contributed by atoms with Gasteiger partial charge >= 0.3 is 0 Å². The fourth-order valence-corrected chi connectivity index (χ4v) is 5.45. The van der Waals surface area contributed by atoms with E-state index in [1.807, 2.05) is 43.3 Å². The molecule has 0 aliphatic carbocycles. The first-order valence-electron chi connectivity index (χ1n) is 10.9. The predicted octanol–water partition coefficient (Wildman–Crippen LogP) is 5.00. The molecule has 0 saturated carbocycles. The van der Waals surface area contributed by atoms with Gasteiger partial charge in [-0.2, -0.15) is 0 Å². The van der Waals surface area contributed by atoms with Crippen LogP contribution in [0.1, 0.15) is 30.0 Å². The number of para-hydroxylation sites is 1. The van der Waals surface area contributed by atoms with Crippen LogP contribution in [-0.2, 0) is 13.0 Å². The second-order valence-corrected chi connectivity index (χ2v) is 9.76. The van der Waals surface area contributed by atoms with Gasteiger partial charge in [-0.25, -0.2) is 4.98 Å². The summed E-state index contributed by atoms with van der Waals surface area (Å²) in [4.78, 5) is 18.3. The molecule has 0 bridgehead atoms. The number of hydrogen-bond acceptors (Lipinski definition) is 7. The third kappa shape index (κ3) is 3.73. The molecule has 3 heterocycles. The monoisotopic (exact) mass is 476 g/mol. The fourth-order valence-electron chi connectivity index (χ4n) is 4.24. The van der Waals surface area contributed by atoms with E-state index in [4.69, 9.17) is 0 Å². The lowest BCUT2D eigenvalue weighted by Crippen LogP contribution is -2.33. The Balaban J connectivity index is 1.74. The number of nitrogens with zero attached hydrogens (tertiary/aromatic N) is 3. The molecule has 4 N–H and O–H groups in total. The Morgan fingerprint density at radius 3 is 2.59 bits per heavy atom. The van der Waals surface area contributed by atoms with E-state index >= 15 is 0 Å². The number of rotatable bonds is 5. The number of amidine groups is 1. The zero-order valence-electron chi connectivity index (χ0n) is 18.5. The highest BCUT2D eigenvalue weighted by atomic mass is 32.3. The Morgan fingerprint density at radius 2 is 1.82 bits per heavy atom. The lowest BCUT2D eigenvalue weighted by Gasteiger charge is -2.35. The summed E-state index contributed by atoms with van der Waals surface area (Å²) in [5.41, 5.74) is 1.92. The van der Waals surface area contributed by atoms with Gasteiger partial charge in [0.1, 0.15) is 21.9 Å². The first-order valence-corrected chi connectivity index (χ1v) is 12.4. The van der Waals surface area contributed by atoms with Crippen molar-refractivity contribution >= 4 is 33.3 Å². The molecule has 34 heavy (non-hydrogen) atoms. The summed E-state index contributed by atoms with van der Waals surface area (Å²) in [6.07, 6.45) is 3.11. The Bertz CT molecular complexity index is 1480. The topological polar surface area (TPSA) is 120 Å². The number of pyridine rings is 2. The third-order valence-corrected chi connectivity index (χ3v) is 7.17. The lowest BCUT2D eigenvalue weighted by atomic mass is 10.1. The van der Waals surface area contributed by atoms with Gasteiger partial charge in [0.15, 0.2) is 5.84 Å². The second kappa shape index (κ2) is 8.60. The average Bonchev–Trinajstić information content (AvgIpc) is 2.83. The van der Waals surface area contributed by atoms with Crippen LogP contribution in [0.25, 0.3) is 11.0 Å². The highest BCUT2D eigenvalue weighted by Crippen LogP contribution is 2.56. The minimum absolute atomic E-state index is 0.0777. The maximum absolute atomic E-state index is 13.7. The molecule has 2 aromatic heterocycles. The van der Waals surface area contributed by atoms with Crippen LogP contribution in [0.5, 0.6) is 5.75 Å². The fraction of sp³-hybridized carbons (Fsp3) is 0.160. The number of aryl methyl sites for hydroxylation is 1. The van der Waals surface area contributed by atoms with Gasteiger partial charge < -0.3 is 10.4 Å². The molecule has 8 nitrogen and oxygen atoms in total. The number of fused-ring (bicyclic) bond motifs is 2. The van der Waals surface area contributed by atoms with E-state index in [1.165, 1.54) is 4.57 Å². The largest absolute Gasteiger partial charge is 0.506 e. The van der Waals surface area contributed by atoms with Crippen LogP contribution >= 0.6 is 10.8 Å². The smallest absolute Gasteiger partial charge is 0.267 e. The van der Waals surface area contributed by atoms with Crippen molar-refractivity contribution in [2.75, 3.05) is 5.32 Å². The van der Waals surface area contributed by atoms with E-state index in [2.05, 4.69) is 14.7 Å². The first kappa shape index (κ1) is 22.1. The molecule has 0 unspecified atom stereocenters. The number of anilines is 1. The van der Waals surface area contributed by atoms with Gasteiger partial charge in [0.05, 0.1) is 17.6 Å². The minimum atomic E-state index is -3.59. The Hall–Kier alpha value is -3.66. The molecule has 2 aromatic carbocycles. The molecule has 9 heteroatoms. The van der Waals surface area contributed by atoms with Crippen LogP contribution in [0.15, 0.2) is 80.9 Å². The SMILES string of the molecule is CCCc1cccc2c1NC(c1c(O)c3cccnc3n(Cc3ccccc3)c1=O)=NS2(O)O. The molecule has 0 radical (unpaired) electrons. The van der Waals surface area contributed by atoms with Gasteiger partial charge in [-0.05, 0) is 35.7 Å². The summed E-state index contributed by atoms with van der Waals surface area (Å²) in [7, 11) is -3.59. The number of nitrogens with one attached hydrogen (secondary N) is 1. The molecule has 1 aliphatic heterocycles. The summed E-state index contributed by atoms with van der Waals surface area (Å²) in [5, 5.41) is 14.6. The zero-order chi connectivity index (χ0) is 23.9. The molecule has 174 valence electrons. The van der Waals surface area contributed by atoms with Crippen molar-refractivity contribution < 1.29 is 14.2 Å². The number of benzene rings is 2. The van der Waals surface area contributed by atoms with Gasteiger partial charge in [0.2, 0.25) is 0 Å². The molecule has 0 spiro atoms. The number of aromatic hydroxyl groups is 1. The summed E-state index contributed by atoms with van der Waals surface area (Å²) in [5.74, 6) is -0.388. The lowest BCUT2D eigenvalue weighted by molar-refractivity contribution is 0.477. The van der Waals surface area contributed by atoms with Crippen molar-refractivity contribution in [1.29, 1.82) is 0 Å². The Kier molecular flexibility index (Phi) is 5.60. The van der Waals surface area contributed by atoms with E-state index < -0.39 is 16.3 Å². The minimum Gasteiger partial charge on any atom is -0.506 e. The summed E-state index contributed by atoms with van der Waals surface area (Å²) in [6.45, 7) is 2.25. The van der Waals surface area contributed by atoms with Crippen molar-refractivity contribution in [3.05, 3.63) is 93.9 Å². The van der Waals surface area contributed by atoms with Gasteiger partial charge in [-0.1, -0.05) is 66.6 Å². The molecule has 4 aromatic rings. The standard InChI is InChI=1S/C25H24N4O4S/c1-2-8-17-11-6-13-19-21(17)27-23(28-34(19,32)33)20-22(30)18-12-7-14-26-24(18)29(25(20)31)15-16-9-4-3-5-10-16/h3-7,9-14,30,32-33H,2,8,15H2,1H3,(H,27,28). The van der Waals surface area contributed by atoms with Crippen LogP contribution in [0.4, 0.5) is 5.69 Å². The van der Waals surface area contributed by atoms with Gasteiger partial charge in [-0.3, -0.25) is 18.5 Å². The van der Waals surface area contributed by atoms with E-state index in [0.29, 0.717) is 23.1 Å². The molecule has 0 atom stereocenters. The van der Waals surface area contributed by atoms with Gasteiger partial charge in [0.25, 0.3) is 5.56 Å². The molecule has 0 fully saturated rings. The average molecular weight is 477 g/mol. The van der Waals surface area contributed by atoms with Crippen LogP contribution in [0.3, 0.4) is 0 Å². The molecule has 0 amide bonds. The van der Waals surface area contributed by atoms with Crippen molar-refractivity contribution in [1.82, 2.24) is 9.55 Å². The van der Waals surface area contributed by atoms with Crippen LogP contribution in [-0.4, -0.2) is 29.6 Å². The van der Waals surface area contributed by atoms with E-state index in [0.717, 1.165) is 17.5 Å². The van der Waals surface area contributed by atoms with Gasteiger partial charge in [-0.15, -0.1) is 4.40 Å². The number of hydrogen-bond donors (Lipinski definition) is 4. The Morgan fingerprint density at radius 1 is 1.03 bits per heavy atom. The summed E-state index contributed by atoms with van der Waals surface area (Å²) in [6, 6.07) is 18.0. The molecule has 0 saturated heterocycles. The normalized spacial score (nSPS) is 15.3. The van der Waals surface area contributed by atoms with E-state index in [-0.39, 0.29) is 28.6 Å². The highest BCUT2D eigenvalue weighted by Gasteiger charge is 2.31. The maximum Gasteiger partial charge on any atom is 0.267 e. The summed E-state index contributed by atoms with van der Waals surface area (Å²) < 4.78 is 27.3. The van der Waals surface area contributed by atoms with Crippen LogP contribution < -0.4 is 10.9 Å². The predicted molar refractivity (Wildman–Crippen MR) is 135 cm³/mol. The zero-order valence-corrected chi connectivity index (χ0v) is 19.3. The maximum atomic E-state index is 13.7. The molecule has 1 aliphatic rings. The van der Waals surface area contributed by atoms with Crippen LogP contribution in [0, 0.1) is 0 Å². The number of aromatic nitrogens is 2. The highest BCUT2D eigenvalue weighted by molar-refractivity contribution is 8.23.